The molecule has 170 valence electrons. The number of nitrogens with one attached hydrogen (secondary N) is 2. The van der Waals surface area contributed by atoms with Crippen LogP contribution < -0.4 is 10.6 Å². The molecule has 0 aromatic heterocycles. The number of aliphatic hydroxyl groups is 3. The molecule has 2 heterocycles. The van der Waals surface area contributed by atoms with Crippen LogP contribution in [0.25, 0.3) is 0 Å². The van der Waals surface area contributed by atoms with Gasteiger partial charge in [-0.1, -0.05) is 27.2 Å². The second kappa shape index (κ2) is 11.8. The van der Waals surface area contributed by atoms with E-state index in [9.17, 15) is 20.1 Å². The van der Waals surface area contributed by atoms with Crippen LogP contribution in [-0.2, 0) is 14.3 Å². The zero-order valence-electron chi connectivity index (χ0n) is 17.9. The first kappa shape index (κ1) is 24.8. The monoisotopic (exact) mass is 434 g/mol. The molecule has 0 aromatic carbocycles. The maximum absolute atomic E-state index is 13.0. The molecule has 2 saturated heterocycles. The van der Waals surface area contributed by atoms with Crippen molar-refractivity contribution < 1.29 is 29.6 Å². The molecule has 29 heavy (non-hydrogen) atoms. The number of hydrogen-bond acceptors (Lipinski definition) is 8. The van der Waals surface area contributed by atoms with Crippen LogP contribution in [0.5, 0.6) is 0 Å². The molecule has 8 nitrogen and oxygen atoms in total. The molecule has 1 amide bonds. The summed E-state index contributed by atoms with van der Waals surface area (Å²) >= 11 is 1.26. The molecule has 8 atom stereocenters. The van der Waals surface area contributed by atoms with Gasteiger partial charge in [0.05, 0.1) is 18.2 Å². The van der Waals surface area contributed by atoms with Crippen LogP contribution in [0.15, 0.2) is 0 Å². The summed E-state index contributed by atoms with van der Waals surface area (Å²) in [6.45, 7) is 7.40. The minimum atomic E-state index is -1.33. The number of carbonyl (C=O) groups excluding carboxylic acids is 1. The van der Waals surface area contributed by atoms with Gasteiger partial charge in [0.15, 0.2) is 0 Å². The zero-order valence-corrected chi connectivity index (χ0v) is 18.7. The highest BCUT2D eigenvalue weighted by molar-refractivity contribution is 7.99. The van der Waals surface area contributed by atoms with Crippen LogP contribution in [0.2, 0.25) is 0 Å². The minimum absolute atomic E-state index is 0.0382. The van der Waals surface area contributed by atoms with E-state index in [2.05, 4.69) is 17.6 Å². The molecule has 0 spiro atoms. The number of carbonyl (C=O) groups is 1. The summed E-state index contributed by atoms with van der Waals surface area (Å²) in [4.78, 5) is 13.0. The van der Waals surface area contributed by atoms with Gasteiger partial charge in [0.1, 0.15) is 29.9 Å². The van der Waals surface area contributed by atoms with Gasteiger partial charge in [-0.25, -0.2) is 0 Å². The number of amides is 1. The smallest absolute Gasteiger partial charge is 0.237 e. The molecule has 8 unspecified atom stereocenters. The Bertz CT molecular complexity index is 509. The van der Waals surface area contributed by atoms with Gasteiger partial charge >= 0.3 is 0 Å². The normalized spacial score (nSPS) is 36.8. The van der Waals surface area contributed by atoms with Gasteiger partial charge < -0.3 is 35.4 Å². The molecule has 5 N–H and O–H groups in total. The van der Waals surface area contributed by atoms with E-state index in [4.69, 9.17) is 9.47 Å². The fraction of sp³-hybridized carbons (Fsp3) is 0.950. The largest absolute Gasteiger partial charge is 0.388 e. The van der Waals surface area contributed by atoms with Crippen molar-refractivity contribution in [1.82, 2.24) is 10.6 Å². The van der Waals surface area contributed by atoms with Gasteiger partial charge in [0.2, 0.25) is 5.91 Å². The number of rotatable bonds is 9. The van der Waals surface area contributed by atoms with Gasteiger partial charge in [0, 0.05) is 6.61 Å². The van der Waals surface area contributed by atoms with Crippen LogP contribution >= 0.6 is 11.8 Å². The lowest BCUT2D eigenvalue weighted by atomic mass is 9.88. The number of hydrogen-bond donors (Lipinski definition) is 5. The Hall–Kier alpha value is -0.420. The molecule has 2 aliphatic heterocycles. The highest BCUT2D eigenvalue weighted by atomic mass is 32.2. The van der Waals surface area contributed by atoms with E-state index in [1.54, 1.807) is 6.26 Å². The third kappa shape index (κ3) is 6.53. The van der Waals surface area contributed by atoms with Gasteiger partial charge in [-0.2, -0.15) is 0 Å². The predicted octanol–water partition coefficient (Wildman–Crippen LogP) is 0.235. The highest BCUT2D eigenvalue weighted by Crippen LogP contribution is 2.30. The first-order chi connectivity index (χ1) is 13.8. The number of ether oxygens (including phenoxy) is 2. The van der Waals surface area contributed by atoms with E-state index >= 15 is 0 Å². The molecule has 0 radical (unpaired) electrons. The van der Waals surface area contributed by atoms with Crippen molar-refractivity contribution in [1.29, 1.82) is 0 Å². The van der Waals surface area contributed by atoms with Crippen LogP contribution in [0.1, 0.15) is 46.5 Å². The van der Waals surface area contributed by atoms with Crippen LogP contribution in [0.3, 0.4) is 0 Å². The highest BCUT2D eigenvalue weighted by Gasteiger charge is 2.47. The van der Waals surface area contributed by atoms with E-state index < -0.39 is 35.9 Å². The summed E-state index contributed by atoms with van der Waals surface area (Å²) in [7, 11) is 0. The summed E-state index contributed by atoms with van der Waals surface area (Å²) in [5.74, 6) is -0.201. The molecule has 9 heteroatoms. The summed E-state index contributed by atoms with van der Waals surface area (Å²) in [6.07, 6.45) is 0.793. The van der Waals surface area contributed by atoms with Gasteiger partial charge in [0.25, 0.3) is 0 Å². The lowest BCUT2D eigenvalue weighted by molar-refractivity contribution is -0.208. The maximum atomic E-state index is 13.0. The van der Waals surface area contributed by atoms with E-state index in [1.807, 2.05) is 13.8 Å². The minimum Gasteiger partial charge on any atom is -0.388 e. The van der Waals surface area contributed by atoms with Gasteiger partial charge in [-0.15, -0.1) is 11.8 Å². The average Bonchev–Trinajstić information content (AvgIpc) is 2.71. The molecular weight excluding hydrogens is 396 g/mol. The van der Waals surface area contributed by atoms with Crippen LogP contribution in [-0.4, -0.2) is 88.7 Å². The predicted molar refractivity (Wildman–Crippen MR) is 113 cm³/mol. The molecule has 2 aliphatic rings. The topological polar surface area (TPSA) is 120 Å². The molecule has 2 rings (SSSR count). The Morgan fingerprint density at radius 2 is 2.00 bits per heavy atom. The lowest BCUT2D eigenvalue weighted by Crippen LogP contribution is -2.65. The Morgan fingerprint density at radius 1 is 1.28 bits per heavy atom. The summed E-state index contributed by atoms with van der Waals surface area (Å²) in [5.41, 5.74) is -0.666. The van der Waals surface area contributed by atoms with Gasteiger partial charge in [-0.05, 0) is 38.0 Å². The Morgan fingerprint density at radius 3 is 2.62 bits per heavy atom. The zero-order chi connectivity index (χ0) is 21.6. The molecule has 0 aromatic rings. The van der Waals surface area contributed by atoms with Crippen LogP contribution in [0.4, 0.5) is 0 Å². The Balaban J connectivity index is 2.01. The second-order valence-electron chi connectivity index (χ2n) is 8.33. The molecule has 0 saturated carbocycles. The fourth-order valence-corrected chi connectivity index (χ4v) is 4.57. The molecule has 0 aliphatic carbocycles. The van der Waals surface area contributed by atoms with Crippen LogP contribution in [0, 0.1) is 5.92 Å². The van der Waals surface area contributed by atoms with E-state index in [0.29, 0.717) is 19.6 Å². The van der Waals surface area contributed by atoms with Crippen molar-refractivity contribution in [3.05, 3.63) is 0 Å². The first-order valence-corrected chi connectivity index (χ1v) is 12.0. The summed E-state index contributed by atoms with van der Waals surface area (Å²) in [6, 6.07) is -0.873. The van der Waals surface area contributed by atoms with E-state index in [-0.39, 0.29) is 24.0 Å². The second-order valence-corrected chi connectivity index (χ2v) is 9.27. The van der Waals surface area contributed by atoms with Crippen molar-refractivity contribution in [2.75, 3.05) is 19.4 Å². The molecule has 2 fully saturated rings. The third-order valence-electron chi connectivity index (χ3n) is 5.74. The lowest BCUT2D eigenvalue weighted by Gasteiger charge is -2.44. The summed E-state index contributed by atoms with van der Waals surface area (Å²) < 4.78 is 11.8. The molecule has 0 bridgehead atoms. The standard InChI is InChI=1S/C20H38N2O6S/c1-5-6-9-27-12-7-8-21-13(10-12)19(26)22-14(11(2)3)18-16(24)15(23)17(25)20(28-18)29-4/h11-18,20-21,23-25H,5-10H2,1-4H3,(H,22,26). The SMILES string of the molecule is CCCCOC1CCNC(C(=O)NC(C(C)C)C2OC(SC)C(O)C(O)C2O)C1. The number of aliphatic hydroxyl groups excluding tert-OH is 3. The van der Waals surface area contributed by atoms with Gasteiger partial charge in [-0.3, -0.25) is 4.79 Å². The fourth-order valence-electron chi connectivity index (χ4n) is 3.89. The quantitative estimate of drug-likeness (QED) is 0.327. The Labute approximate surface area is 178 Å². The van der Waals surface area contributed by atoms with Crippen molar-refractivity contribution in [3.63, 3.8) is 0 Å². The number of unbranched alkanes of at least 4 members (excludes halogenated alkanes) is 1. The van der Waals surface area contributed by atoms with Crippen molar-refractivity contribution >= 4 is 17.7 Å². The third-order valence-corrected chi connectivity index (χ3v) is 6.60. The van der Waals surface area contributed by atoms with Crippen molar-refractivity contribution in [3.8, 4) is 0 Å². The first-order valence-electron chi connectivity index (χ1n) is 10.7. The van der Waals surface area contributed by atoms with Crippen molar-refractivity contribution in [2.45, 2.75) is 94.5 Å². The summed E-state index contributed by atoms with van der Waals surface area (Å²) in [5, 5.41) is 37.1. The van der Waals surface area contributed by atoms with Crippen molar-refractivity contribution in [2.24, 2.45) is 5.92 Å². The van der Waals surface area contributed by atoms with E-state index in [1.165, 1.54) is 11.8 Å². The maximum Gasteiger partial charge on any atom is 0.237 e. The average molecular weight is 435 g/mol. The number of piperidine rings is 1. The Kier molecular flexibility index (Phi) is 10.1. The van der Waals surface area contributed by atoms with E-state index in [0.717, 1.165) is 19.3 Å². The molecular formula is C20H38N2O6S. The number of thioether (sulfide) groups is 1.